The van der Waals surface area contributed by atoms with Crippen LogP contribution in [0.15, 0.2) is 34.9 Å². The van der Waals surface area contributed by atoms with E-state index in [0.29, 0.717) is 18.7 Å². The molecule has 0 radical (unpaired) electrons. The second-order valence-corrected chi connectivity index (χ2v) is 5.81. The molecule has 0 saturated carbocycles. The number of nitrogens with one attached hydrogen (secondary N) is 2. The molecule has 0 aliphatic rings. The number of carbonyl (C=O) groups excluding carboxylic acids is 2. The van der Waals surface area contributed by atoms with E-state index in [1.165, 1.54) is 0 Å². The number of rotatable bonds is 7. The fraction of sp³-hybridized carbons (Fsp3) is 0.389. The summed E-state index contributed by atoms with van der Waals surface area (Å²) in [5.74, 6) is -0.0484. The molecule has 0 fully saturated rings. The Morgan fingerprint density at radius 2 is 1.88 bits per heavy atom. The van der Waals surface area contributed by atoms with Gasteiger partial charge in [-0.15, -0.1) is 0 Å². The third kappa shape index (κ3) is 4.68. The highest BCUT2D eigenvalue weighted by atomic mass is 16.5. The molecular weight excluding hydrogens is 306 g/mol. The van der Waals surface area contributed by atoms with Crippen molar-refractivity contribution < 1.29 is 14.1 Å². The third-order valence-electron chi connectivity index (χ3n) is 3.85. The predicted molar refractivity (Wildman–Crippen MR) is 91.1 cm³/mol. The first-order valence-corrected chi connectivity index (χ1v) is 8.11. The predicted octanol–water partition coefficient (Wildman–Crippen LogP) is 2.66. The number of hydrogen-bond donors (Lipinski definition) is 2. The molecule has 2 rings (SSSR count). The van der Waals surface area contributed by atoms with Gasteiger partial charge in [-0.05, 0) is 25.5 Å². The van der Waals surface area contributed by atoms with Crippen LogP contribution in [0.2, 0.25) is 0 Å². The van der Waals surface area contributed by atoms with Gasteiger partial charge >= 0.3 is 0 Å². The molecule has 1 aromatic heterocycles. The zero-order chi connectivity index (χ0) is 17.5. The van der Waals surface area contributed by atoms with Crippen LogP contribution in [0.1, 0.15) is 58.4 Å². The van der Waals surface area contributed by atoms with E-state index >= 15 is 0 Å². The molecule has 0 aliphatic carbocycles. The van der Waals surface area contributed by atoms with Gasteiger partial charge in [0.15, 0.2) is 0 Å². The van der Waals surface area contributed by atoms with E-state index in [1.54, 1.807) is 12.1 Å². The molecule has 2 amide bonds. The van der Waals surface area contributed by atoms with Gasteiger partial charge in [-0.2, -0.15) is 0 Å². The molecule has 0 bridgehead atoms. The zero-order valence-corrected chi connectivity index (χ0v) is 14.3. The van der Waals surface area contributed by atoms with Gasteiger partial charge in [0, 0.05) is 30.6 Å². The van der Waals surface area contributed by atoms with E-state index in [1.807, 2.05) is 32.0 Å². The Hall–Kier alpha value is -2.63. The molecule has 0 spiro atoms. The fourth-order valence-electron chi connectivity index (χ4n) is 2.16. The maximum absolute atomic E-state index is 12.0. The second-order valence-electron chi connectivity index (χ2n) is 5.81. The summed E-state index contributed by atoms with van der Waals surface area (Å²) in [5.41, 5.74) is 2.41. The first kappa shape index (κ1) is 17.7. The van der Waals surface area contributed by atoms with E-state index in [2.05, 4.69) is 22.7 Å². The number of carbonyl (C=O) groups is 2. The van der Waals surface area contributed by atoms with Gasteiger partial charge in [-0.25, -0.2) is 0 Å². The summed E-state index contributed by atoms with van der Waals surface area (Å²) in [6.07, 6.45) is 0.929. The number of hydrogen-bond acceptors (Lipinski definition) is 4. The van der Waals surface area contributed by atoms with Crippen LogP contribution in [0.3, 0.4) is 0 Å². The second kappa shape index (κ2) is 8.29. The Labute approximate surface area is 141 Å². The molecular formula is C18H23N3O3. The van der Waals surface area contributed by atoms with Gasteiger partial charge in [0.1, 0.15) is 0 Å². The van der Waals surface area contributed by atoms with E-state index < -0.39 is 0 Å². The molecule has 6 nitrogen and oxygen atoms in total. The quantitative estimate of drug-likeness (QED) is 0.765. The summed E-state index contributed by atoms with van der Waals surface area (Å²) in [6, 6.07) is 9.01. The van der Waals surface area contributed by atoms with Crippen molar-refractivity contribution >= 4 is 11.8 Å². The summed E-state index contributed by atoms with van der Waals surface area (Å²) >= 11 is 0. The van der Waals surface area contributed by atoms with Crippen molar-refractivity contribution in [2.24, 2.45) is 0 Å². The third-order valence-corrected chi connectivity index (χ3v) is 3.85. The Bertz CT molecular complexity index is 709. The molecule has 0 aliphatic heterocycles. The topological polar surface area (TPSA) is 84.2 Å². The van der Waals surface area contributed by atoms with E-state index in [4.69, 9.17) is 4.52 Å². The molecule has 1 aromatic carbocycles. The smallest absolute Gasteiger partial charge is 0.289 e. The molecule has 0 unspecified atom stereocenters. The van der Waals surface area contributed by atoms with E-state index in [9.17, 15) is 9.59 Å². The van der Waals surface area contributed by atoms with Crippen molar-refractivity contribution in [2.45, 2.75) is 33.1 Å². The molecule has 6 heteroatoms. The Morgan fingerprint density at radius 3 is 2.54 bits per heavy atom. The number of aryl methyl sites for hydroxylation is 1. The first-order valence-electron chi connectivity index (χ1n) is 8.11. The molecule has 1 heterocycles. The number of benzene rings is 1. The standard InChI is InChI=1S/C18H23N3O3/c1-4-13(3)15-11-16(24-21-15)18(23)20-9-8-19-17(22)14-7-5-6-12(2)10-14/h5-7,10-11,13H,4,8-9H2,1-3H3,(H,19,22)(H,20,23)/t13-/m0/s1. The maximum Gasteiger partial charge on any atom is 0.289 e. The molecule has 2 N–H and O–H groups in total. The minimum Gasteiger partial charge on any atom is -0.351 e. The van der Waals surface area contributed by atoms with Crippen LogP contribution in [0, 0.1) is 6.92 Å². The lowest BCUT2D eigenvalue weighted by molar-refractivity contribution is 0.0903. The first-order chi connectivity index (χ1) is 11.5. The highest BCUT2D eigenvalue weighted by Gasteiger charge is 2.15. The van der Waals surface area contributed by atoms with Crippen molar-refractivity contribution in [3.8, 4) is 0 Å². The van der Waals surface area contributed by atoms with Gasteiger partial charge in [0.2, 0.25) is 5.76 Å². The summed E-state index contributed by atoms with van der Waals surface area (Å²) in [6.45, 7) is 6.67. The Morgan fingerprint density at radius 1 is 1.17 bits per heavy atom. The van der Waals surface area contributed by atoms with Crippen LogP contribution in [0.25, 0.3) is 0 Å². The Balaban J connectivity index is 1.76. The fourth-order valence-corrected chi connectivity index (χ4v) is 2.16. The zero-order valence-electron chi connectivity index (χ0n) is 14.3. The summed E-state index contributed by atoms with van der Waals surface area (Å²) in [4.78, 5) is 23.9. The largest absolute Gasteiger partial charge is 0.351 e. The lowest BCUT2D eigenvalue weighted by atomic mass is 10.1. The molecule has 24 heavy (non-hydrogen) atoms. The minimum absolute atomic E-state index is 0.160. The van der Waals surface area contributed by atoms with Gasteiger partial charge < -0.3 is 15.2 Å². The number of aromatic nitrogens is 1. The number of nitrogens with zero attached hydrogens (tertiary/aromatic N) is 1. The monoisotopic (exact) mass is 329 g/mol. The lowest BCUT2D eigenvalue weighted by Gasteiger charge is -2.06. The van der Waals surface area contributed by atoms with Crippen LogP contribution < -0.4 is 10.6 Å². The van der Waals surface area contributed by atoms with E-state index in [-0.39, 0.29) is 23.5 Å². The highest BCUT2D eigenvalue weighted by molar-refractivity contribution is 5.94. The maximum atomic E-state index is 12.0. The van der Waals surface area contributed by atoms with Crippen LogP contribution in [-0.2, 0) is 0 Å². The van der Waals surface area contributed by atoms with Gasteiger partial charge in [-0.3, -0.25) is 9.59 Å². The SMILES string of the molecule is CC[C@H](C)c1cc(C(=O)NCCNC(=O)c2cccc(C)c2)on1. The van der Waals surface area contributed by atoms with Gasteiger partial charge in [-0.1, -0.05) is 36.7 Å². The van der Waals surface area contributed by atoms with Crippen molar-refractivity contribution in [3.05, 3.63) is 52.9 Å². The molecule has 1 atom stereocenters. The van der Waals surface area contributed by atoms with Crippen molar-refractivity contribution in [1.82, 2.24) is 15.8 Å². The summed E-state index contributed by atoms with van der Waals surface area (Å²) in [7, 11) is 0. The molecule has 0 saturated heterocycles. The lowest BCUT2D eigenvalue weighted by Crippen LogP contribution is -2.34. The summed E-state index contributed by atoms with van der Waals surface area (Å²) < 4.78 is 5.06. The average Bonchev–Trinajstić information content (AvgIpc) is 3.07. The van der Waals surface area contributed by atoms with E-state index in [0.717, 1.165) is 17.7 Å². The number of amides is 2. The molecule has 128 valence electrons. The van der Waals surface area contributed by atoms with Crippen molar-refractivity contribution in [2.75, 3.05) is 13.1 Å². The van der Waals surface area contributed by atoms with Crippen LogP contribution in [0.5, 0.6) is 0 Å². The van der Waals surface area contributed by atoms with Crippen LogP contribution in [-0.4, -0.2) is 30.1 Å². The summed E-state index contributed by atoms with van der Waals surface area (Å²) in [5, 5.41) is 9.37. The van der Waals surface area contributed by atoms with Gasteiger partial charge in [0.25, 0.3) is 11.8 Å². The van der Waals surface area contributed by atoms with Crippen LogP contribution >= 0.6 is 0 Å². The van der Waals surface area contributed by atoms with Crippen LogP contribution in [0.4, 0.5) is 0 Å². The van der Waals surface area contributed by atoms with Crippen molar-refractivity contribution in [3.63, 3.8) is 0 Å². The molecule has 2 aromatic rings. The highest BCUT2D eigenvalue weighted by Crippen LogP contribution is 2.17. The van der Waals surface area contributed by atoms with Gasteiger partial charge in [0.05, 0.1) is 5.69 Å². The van der Waals surface area contributed by atoms with Crippen molar-refractivity contribution in [1.29, 1.82) is 0 Å². The average molecular weight is 329 g/mol. The normalized spacial score (nSPS) is 11.8. The minimum atomic E-state index is -0.332. The Kier molecular flexibility index (Phi) is 6.12.